The van der Waals surface area contributed by atoms with Crippen molar-refractivity contribution in [2.75, 3.05) is 39.8 Å². The first-order valence-corrected chi connectivity index (χ1v) is 4.85. The van der Waals surface area contributed by atoms with E-state index in [4.69, 9.17) is 10.8 Å². The Morgan fingerprint density at radius 1 is 1.43 bits per heavy atom. The second-order valence-corrected chi connectivity index (χ2v) is 4.30. The molecule has 1 saturated heterocycles. The lowest BCUT2D eigenvalue weighted by molar-refractivity contribution is -0.143. The normalized spacial score (nSPS) is 24.5. The smallest absolute Gasteiger partial charge is 0.324 e. The average Bonchev–Trinajstić information content (AvgIpc) is 2.08. The van der Waals surface area contributed by atoms with Gasteiger partial charge in [-0.15, -0.1) is 0 Å². The third-order valence-corrected chi connectivity index (χ3v) is 2.64. The molecule has 0 saturated carbocycles. The first-order valence-electron chi connectivity index (χ1n) is 4.85. The minimum atomic E-state index is -1.13. The topological polar surface area (TPSA) is 69.8 Å². The molecule has 0 amide bonds. The molecule has 0 aliphatic carbocycles. The molecule has 1 heterocycles. The number of nitrogens with zero attached hydrogens (tertiary/aromatic N) is 2. The highest BCUT2D eigenvalue weighted by atomic mass is 16.4. The van der Waals surface area contributed by atoms with Gasteiger partial charge in [0.2, 0.25) is 0 Å². The van der Waals surface area contributed by atoms with E-state index < -0.39 is 11.5 Å². The average molecular weight is 201 g/mol. The van der Waals surface area contributed by atoms with Crippen LogP contribution in [0.25, 0.3) is 0 Å². The molecule has 14 heavy (non-hydrogen) atoms. The highest BCUT2D eigenvalue weighted by molar-refractivity contribution is 5.78. The Bertz CT molecular complexity index is 210. The summed E-state index contributed by atoms with van der Waals surface area (Å²) in [6.45, 7) is 5.75. The fraction of sp³-hybridized carbons (Fsp3) is 0.889. The van der Waals surface area contributed by atoms with E-state index in [1.165, 1.54) is 0 Å². The number of carboxylic acid groups (broad SMARTS) is 1. The molecule has 1 atom stereocenters. The van der Waals surface area contributed by atoms with E-state index in [0.29, 0.717) is 6.54 Å². The molecule has 0 aromatic carbocycles. The molecule has 1 rings (SSSR count). The van der Waals surface area contributed by atoms with Crippen LogP contribution in [0.3, 0.4) is 0 Å². The molecular formula is C9H19N3O2. The van der Waals surface area contributed by atoms with Crippen LogP contribution in [0, 0.1) is 0 Å². The molecule has 5 heteroatoms. The highest BCUT2D eigenvalue weighted by Crippen LogP contribution is 2.06. The maximum Gasteiger partial charge on any atom is 0.324 e. The molecule has 5 nitrogen and oxygen atoms in total. The Kier molecular flexibility index (Phi) is 3.47. The van der Waals surface area contributed by atoms with Crippen molar-refractivity contribution in [3.05, 3.63) is 0 Å². The van der Waals surface area contributed by atoms with Crippen molar-refractivity contribution in [2.24, 2.45) is 5.73 Å². The van der Waals surface area contributed by atoms with Gasteiger partial charge in [0.25, 0.3) is 0 Å². The zero-order valence-corrected chi connectivity index (χ0v) is 8.86. The molecule has 3 N–H and O–H groups in total. The number of piperazine rings is 1. The van der Waals surface area contributed by atoms with E-state index in [1.807, 2.05) is 0 Å². The minimum Gasteiger partial charge on any atom is -0.480 e. The maximum atomic E-state index is 10.8. The van der Waals surface area contributed by atoms with Crippen molar-refractivity contribution in [1.29, 1.82) is 0 Å². The molecular weight excluding hydrogens is 182 g/mol. The van der Waals surface area contributed by atoms with Gasteiger partial charge < -0.3 is 15.7 Å². The Morgan fingerprint density at radius 3 is 2.36 bits per heavy atom. The van der Waals surface area contributed by atoms with Crippen LogP contribution in [0.2, 0.25) is 0 Å². The number of hydrogen-bond acceptors (Lipinski definition) is 4. The SMILES string of the molecule is CN1CCN(CC(C)(N)C(=O)O)CC1. The Hall–Kier alpha value is -0.650. The van der Waals surface area contributed by atoms with Crippen molar-refractivity contribution >= 4 is 5.97 Å². The van der Waals surface area contributed by atoms with Crippen LogP contribution in [0.1, 0.15) is 6.92 Å². The zero-order chi connectivity index (χ0) is 10.8. The van der Waals surface area contributed by atoms with Gasteiger partial charge >= 0.3 is 5.97 Å². The van der Waals surface area contributed by atoms with Crippen LogP contribution in [-0.2, 0) is 4.79 Å². The van der Waals surface area contributed by atoms with Gasteiger partial charge in [-0.05, 0) is 14.0 Å². The van der Waals surface area contributed by atoms with E-state index in [9.17, 15) is 4.79 Å². The number of nitrogens with two attached hydrogens (primary N) is 1. The largest absolute Gasteiger partial charge is 0.480 e. The molecule has 0 spiro atoms. The summed E-state index contributed by atoms with van der Waals surface area (Å²) < 4.78 is 0. The van der Waals surface area contributed by atoms with Gasteiger partial charge in [0.05, 0.1) is 0 Å². The predicted octanol–water partition coefficient (Wildman–Crippen LogP) is -0.964. The van der Waals surface area contributed by atoms with Crippen molar-refractivity contribution in [3.8, 4) is 0 Å². The van der Waals surface area contributed by atoms with Gasteiger partial charge in [-0.3, -0.25) is 9.69 Å². The standard InChI is InChI=1S/C9H19N3O2/c1-9(10,8(13)14)7-12-5-3-11(2)4-6-12/h3-7,10H2,1-2H3,(H,13,14). The monoisotopic (exact) mass is 201 g/mol. The number of hydrogen-bond donors (Lipinski definition) is 2. The lowest BCUT2D eigenvalue weighted by Crippen LogP contribution is -2.57. The first-order chi connectivity index (χ1) is 6.42. The summed E-state index contributed by atoms with van der Waals surface area (Å²) in [4.78, 5) is 15.1. The summed E-state index contributed by atoms with van der Waals surface area (Å²) in [6.07, 6.45) is 0. The quantitative estimate of drug-likeness (QED) is 0.615. The molecule has 0 aromatic heterocycles. The van der Waals surface area contributed by atoms with Crippen molar-refractivity contribution in [1.82, 2.24) is 9.80 Å². The molecule has 1 unspecified atom stereocenters. The van der Waals surface area contributed by atoms with Gasteiger partial charge in [-0.1, -0.05) is 0 Å². The second kappa shape index (κ2) is 4.25. The Labute approximate surface area is 84.5 Å². The summed E-state index contributed by atoms with van der Waals surface area (Å²) in [5.74, 6) is -0.934. The zero-order valence-electron chi connectivity index (χ0n) is 8.86. The highest BCUT2D eigenvalue weighted by Gasteiger charge is 2.31. The van der Waals surface area contributed by atoms with Crippen LogP contribution in [-0.4, -0.2) is 66.2 Å². The van der Waals surface area contributed by atoms with Gasteiger partial charge in [0, 0.05) is 32.7 Å². The fourth-order valence-electron chi connectivity index (χ4n) is 1.54. The van der Waals surface area contributed by atoms with E-state index >= 15 is 0 Å². The molecule has 1 fully saturated rings. The summed E-state index contributed by atoms with van der Waals surface area (Å²) >= 11 is 0. The van der Waals surface area contributed by atoms with E-state index in [1.54, 1.807) is 6.92 Å². The maximum absolute atomic E-state index is 10.8. The van der Waals surface area contributed by atoms with Gasteiger partial charge in [0.15, 0.2) is 0 Å². The summed E-state index contributed by atoms with van der Waals surface area (Å²) in [5, 5.41) is 8.86. The predicted molar refractivity (Wildman–Crippen MR) is 54.2 cm³/mol. The van der Waals surface area contributed by atoms with Gasteiger partial charge in [-0.2, -0.15) is 0 Å². The summed E-state index contributed by atoms with van der Waals surface area (Å²) in [6, 6.07) is 0. The number of likely N-dealkylation sites (N-methyl/N-ethyl adjacent to an activating group) is 1. The van der Waals surface area contributed by atoms with Crippen LogP contribution in [0.4, 0.5) is 0 Å². The number of rotatable bonds is 3. The lowest BCUT2D eigenvalue weighted by atomic mass is 10.0. The molecule has 0 radical (unpaired) electrons. The van der Waals surface area contributed by atoms with Crippen molar-refractivity contribution < 1.29 is 9.90 Å². The molecule has 1 aliphatic heterocycles. The molecule has 1 aliphatic rings. The fourth-order valence-corrected chi connectivity index (χ4v) is 1.54. The number of aliphatic carboxylic acids is 1. The van der Waals surface area contributed by atoms with Crippen LogP contribution in [0.5, 0.6) is 0 Å². The number of carbonyl (C=O) groups is 1. The first kappa shape index (κ1) is 11.4. The van der Waals surface area contributed by atoms with Crippen LogP contribution >= 0.6 is 0 Å². The van der Waals surface area contributed by atoms with Gasteiger partial charge in [0.1, 0.15) is 5.54 Å². The Morgan fingerprint density at radius 2 is 1.93 bits per heavy atom. The second-order valence-electron chi connectivity index (χ2n) is 4.30. The van der Waals surface area contributed by atoms with Crippen molar-refractivity contribution in [3.63, 3.8) is 0 Å². The third kappa shape index (κ3) is 2.94. The Balaban J connectivity index is 2.41. The number of carboxylic acids is 1. The van der Waals surface area contributed by atoms with Crippen LogP contribution < -0.4 is 5.73 Å². The van der Waals surface area contributed by atoms with Gasteiger partial charge in [-0.25, -0.2) is 0 Å². The molecule has 82 valence electrons. The molecule has 0 aromatic rings. The third-order valence-electron chi connectivity index (χ3n) is 2.64. The lowest BCUT2D eigenvalue weighted by Gasteiger charge is -2.35. The summed E-state index contributed by atoms with van der Waals surface area (Å²) in [7, 11) is 2.07. The minimum absolute atomic E-state index is 0.427. The van der Waals surface area contributed by atoms with E-state index in [-0.39, 0.29) is 0 Å². The van der Waals surface area contributed by atoms with Crippen molar-refractivity contribution in [2.45, 2.75) is 12.5 Å². The van der Waals surface area contributed by atoms with E-state index in [0.717, 1.165) is 26.2 Å². The van der Waals surface area contributed by atoms with Crippen LogP contribution in [0.15, 0.2) is 0 Å². The van der Waals surface area contributed by atoms with E-state index in [2.05, 4.69) is 16.8 Å². The summed E-state index contributed by atoms with van der Waals surface area (Å²) in [5.41, 5.74) is 4.54. The molecule has 0 bridgehead atoms.